The highest BCUT2D eigenvalue weighted by Crippen LogP contribution is 2.37. The predicted octanol–water partition coefficient (Wildman–Crippen LogP) is 2.05. The average molecular weight is 218 g/mol. The van der Waals surface area contributed by atoms with Crippen molar-refractivity contribution in [3.63, 3.8) is 0 Å². The van der Waals surface area contributed by atoms with E-state index in [1.54, 1.807) is 0 Å². The Morgan fingerprint density at radius 2 is 2.29 bits per heavy atom. The van der Waals surface area contributed by atoms with E-state index < -0.39 is 16.4 Å². The van der Waals surface area contributed by atoms with E-state index in [9.17, 15) is 15.2 Å². The SMILES string of the molecule is COc1cc(CCl)cc([N+](=O)[O-])c1O. The number of halogens is 1. The van der Waals surface area contributed by atoms with Gasteiger partial charge in [0, 0.05) is 11.9 Å². The van der Waals surface area contributed by atoms with E-state index in [4.69, 9.17) is 16.3 Å². The van der Waals surface area contributed by atoms with Crippen molar-refractivity contribution in [3.05, 3.63) is 27.8 Å². The number of nitro groups is 1. The lowest BCUT2D eigenvalue weighted by atomic mass is 10.2. The van der Waals surface area contributed by atoms with Crippen LogP contribution in [0.5, 0.6) is 11.5 Å². The molecule has 1 aromatic rings. The van der Waals surface area contributed by atoms with E-state index in [2.05, 4.69) is 0 Å². The van der Waals surface area contributed by atoms with Crippen LogP contribution >= 0.6 is 11.6 Å². The first-order valence-corrected chi connectivity index (χ1v) is 4.23. The highest BCUT2D eigenvalue weighted by atomic mass is 35.5. The highest BCUT2D eigenvalue weighted by molar-refractivity contribution is 6.17. The third-order valence-electron chi connectivity index (χ3n) is 1.69. The summed E-state index contributed by atoms with van der Waals surface area (Å²) in [5.41, 5.74) is 0.119. The standard InChI is InChI=1S/C8H8ClNO4/c1-14-7-3-5(4-9)2-6(8(7)11)10(12)13/h2-3,11H,4H2,1H3. The molecule has 14 heavy (non-hydrogen) atoms. The van der Waals surface area contributed by atoms with E-state index in [-0.39, 0.29) is 11.6 Å². The van der Waals surface area contributed by atoms with E-state index in [0.29, 0.717) is 5.56 Å². The van der Waals surface area contributed by atoms with Crippen molar-refractivity contribution in [3.8, 4) is 11.5 Å². The van der Waals surface area contributed by atoms with Crippen LogP contribution in [0, 0.1) is 10.1 Å². The maximum atomic E-state index is 10.5. The Balaban J connectivity index is 3.34. The molecule has 0 unspecified atom stereocenters. The lowest BCUT2D eigenvalue weighted by Crippen LogP contribution is -1.93. The molecule has 6 heteroatoms. The summed E-state index contributed by atoms with van der Waals surface area (Å²) in [5, 5.41) is 19.9. The second kappa shape index (κ2) is 4.15. The van der Waals surface area contributed by atoms with Crippen LogP contribution in [0.1, 0.15) is 5.56 Å². The minimum atomic E-state index is -0.687. The molecule has 1 aromatic carbocycles. The first-order valence-electron chi connectivity index (χ1n) is 3.70. The zero-order valence-electron chi connectivity index (χ0n) is 7.36. The number of methoxy groups -OCH3 is 1. The topological polar surface area (TPSA) is 72.6 Å². The zero-order valence-corrected chi connectivity index (χ0v) is 8.11. The van der Waals surface area contributed by atoms with Crippen molar-refractivity contribution in [2.24, 2.45) is 0 Å². The van der Waals surface area contributed by atoms with Gasteiger partial charge < -0.3 is 9.84 Å². The monoisotopic (exact) mass is 217 g/mol. The summed E-state index contributed by atoms with van der Waals surface area (Å²) in [6, 6.07) is 2.67. The van der Waals surface area contributed by atoms with Gasteiger partial charge in [0.25, 0.3) is 0 Å². The second-order valence-electron chi connectivity index (χ2n) is 2.56. The molecule has 0 aliphatic heterocycles. The molecule has 0 atom stereocenters. The molecule has 5 nitrogen and oxygen atoms in total. The number of nitro benzene ring substituents is 1. The first kappa shape index (κ1) is 10.6. The average Bonchev–Trinajstić information content (AvgIpc) is 2.17. The molecule has 0 bridgehead atoms. The van der Waals surface area contributed by atoms with E-state index >= 15 is 0 Å². The van der Waals surface area contributed by atoms with Gasteiger partial charge in [-0.1, -0.05) is 0 Å². The van der Waals surface area contributed by atoms with E-state index in [1.807, 2.05) is 0 Å². The van der Waals surface area contributed by atoms with Crippen LogP contribution in [-0.2, 0) is 5.88 Å². The molecule has 1 rings (SSSR count). The molecule has 0 aromatic heterocycles. The minimum Gasteiger partial charge on any atom is -0.500 e. The largest absolute Gasteiger partial charge is 0.500 e. The Hall–Kier alpha value is -1.49. The number of hydrogen-bond acceptors (Lipinski definition) is 4. The molecule has 0 heterocycles. The van der Waals surface area contributed by atoms with Crippen molar-refractivity contribution in [1.82, 2.24) is 0 Å². The van der Waals surface area contributed by atoms with Gasteiger partial charge in [-0.2, -0.15) is 0 Å². The predicted molar refractivity (Wildman–Crippen MR) is 50.9 cm³/mol. The number of ether oxygens (including phenoxy) is 1. The number of phenols is 1. The van der Waals surface area contributed by atoms with Gasteiger partial charge in [-0.3, -0.25) is 10.1 Å². The maximum absolute atomic E-state index is 10.5. The number of aromatic hydroxyl groups is 1. The van der Waals surface area contributed by atoms with Crippen LogP contribution in [0.3, 0.4) is 0 Å². The van der Waals surface area contributed by atoms with Gasteiger partial charge >= 0.3 is 5.69 Å². The molecule has 0 saturated heterocycles. The van der Waals surface area contributed by atoms with Crippen LogP contribution in [0.15, 0.2) is 12.1 Å². The Morgan fingerprint density at radius 3 is 2.71 bits per heavy atom. The first-order chi connectivity index (χ1) is 6.60. The summed E-state index contributed by atoms with van der Waals surface area (Å²) in [7, 11) is 1.32. The number of benzene rings is 1. The summed E-state index contributed by atoms with van der Waals surface area (Å²) in [4.78, 5) is 9.82. The third kappa shape index (κ3) is 1.88. The summed E-state index contributed by atoms with van der Waals surface area (Å²) >= 11 is 5.53. The summed E-state index contributed by atoms with van der Waals surface area (Å²) in [6.07, 6.45) is 0. The van der Waals surface area contributed by atoms with Crippen molar-refractivity contribution in [2.45, 2.75) is 5.88 Å². The van der Waals surface area contributed by atoms with Gasteiger partial charge in [0.15, 0.2) is 5.75 Å². The molecular weight excluding hydrogens is 210 g/mol. The lowest BCUT2D eigenvalue weighted by Gasteiger charge is -2.05. The van der Waals surface area contributed by atoms with E-state index in [1.165, 1.54) is 19.2 Å². The Morgan fingerprint density at radius 1 is 1.64 bits per heavy atom. The van der Waals surface area contributed by atoms with Crippen LogP contribution in [0.25, 0.3) is 0 Å². The van der Waals surface area contributed by atoms with Crippen molar-refractivity contribution in [2.75, 3.05) is 7.11 Å². The van der Waals surface area contributed by atoms with Crippen molar-refractivity contribution >= 4 is 17.3 Å². The molecule has 76 valence electrons. The van der Waals surface area contributed by atoms with Crippen LogP contribution in [0.2, 0.25) is 0 Å². The lowest BCUT2D eigenvalue weighted by molar-refractivity contribution is -0.386. The fourth-order valence-corrected chi connectivity index (χ4v) is 1.17. The fraction of sp³-hybridized carbons (Fsp3) is 0.250. The molecule has 1 N–H and O–H groups in total. The number of hydrogen-bond donors (Lipinski definition) is 1. The molecule has 0 radical (unpaired) electrons. The minimum absolute atomic E-state index is 0.0508. The normalized spacial score (nSPS) is 9.86. The van der Waals surface area contributed by atoms with Gasteiger partial charge in [0.05, 0.1) is 12.0 Å². The quantitative estimate of drug-likeness (QED) is 0.478. The van der Waals surface area contributed by atoms with Crippen molar-refractivity contribution in [1.29, 1.82) is 0 Å². The smallest absolute Gasteiger partial charge is 0.314 e. The zero-order chi connectivity index (χ0) is 10.7. The molecular formula is C8H8ClNO4. The highest BCUT2D eigenvalue weighted by Gasteiger charge is 2.19. The molecule has 0 fully saturated rings. The third-order valence-corrected chi connectivity index (χ3v) is 1.99. The number of alkyl halides is 1. The molecule has 0 amide bonds. The molecule has 0 aliphatic rings. The van der Waals surface area contributed by atoms with Crippen LogP contribution in [0.4, 0.5) is 5.69 Å². The van der Waals surface area contributed by atoms with Crippen LogP contribution < -0.4 is 4.74 Å². The number of phenolic OH excluding ortho intramolecular Hbond substituents is 1. The summed E-state index contributed by atoms with van der Waals surface area (Å²) in [6.45, 7) is 0. The van der Waals surface area contributed by atoms with Gasteiger partial charge in [0.1, 0.15) is 0 Å². The molecule has 0 spiro atoms. The van der Waals surface area contributed by atoms with Crippen LogP contribution in [-0.4, -0.2) is 17.1 Å². The number of nitrogens with zero attached hydrogens (tertiary/aromatic N) is 1. The fourth-order valence-electron chi connectivity index (χ4n) is 1.02. The molecule has 0 saturated carbocycles. The Labute approximate surface area is 85.0 Å². The van der Waals surface area contributed by atoms with E-state index in [0.717, 1.165) is 0 Å². The summed E-state index contributed by atoms with van der Waals surface area (Å²) < 4.78 is 4.77. The number of rotatable bonds is 3. The second-order valence-corrected chi connectivity index (χ2v) is 2.82. The Kier molecular flexibility index (Phi) is 3.14. The summed E-state index contributed by atoms with van der Waals surface area (Å²) in [5.74, 6) is -0.307. The van der Waals surface area contributed by atoms with Gasteiger partial charge in [-0.05, 0) is 11.6 Å². The maximum Gasteiger partial charge on any atom is 0.314 e. The van der Waals surface area contributed by atoms with Crippen molar-refractivity contribution < 1.29 is 14.8 Å². The van der Waals surface area contributed by atoms with Gasteiger partial charge in [0.2, 0.25) is 5.75 Å². The molecule has 0 aliphatic carbocycles. The van der Waals surface area contributed by atoms with Gasteiger partial charge in [-0.15, -0.1) is 11.6 Å². The van der Waals surface area contributed by atoms with Gasteiger partial charge in [-0.25, -0.2) is 0 Å². The Bertz CT molecular complexity index is 367.